The summed E-state index contributed by atoms with van der Waals surface area (Å²) in [5.74, 6) is -0.941. The van der Waals surface area contributed by atoms with Gasteiger partial charge in [0.25, 0.3) is 0 Å². The molecule has 0 spiro atoms. The molecule has 0 aliphatic heterocycles. The molecule has 0 fully saturated rings. The number of benzene rings is 2. The molecule has 0 saturated carbocycles. The van der Waals surface area contributed by atoms with E-state index >= 15 is 0 Å². The summed E-state index contributed by atoms with van der Waals surface area (Å²) >= 11 is 0. The Labute approximate surface area is 343 Å². The van der Waals surface area contributed by atoms with E-state index in [0.717, 1.165) is 64.2 Å². The smallest absolute Gasteiger partial charge is 0.203 e. The molecule has 0 radical (unpaired) electrons. The van der Waals surface area contributed by atoms with E-state index in [0.29, 0.717) is 55.5 Å². The number of hydrogen-bond donors (Lipinski definition) is 2. The fraction of sp³-hybridized carbons (Fsp3) is 0.583. The summed E-state index contributed by atoms with van der Waals surface area (Å²) < 4.78 is 32.9. The second-order valence-corrected chi connectivity index (χ2v) is 16.7. The number of aromatic hydroxyl groups is 2. The molecule has 4 heterocycles. The highest BCUT2D eigenvalue weighted by atomic mass is 19.1. The lowest BCUT2D eigenvalue weighted by molar-refractivity contribution is 0.347. The van der Waals surface area contributed by atoms with Crippen molar-refractivity contribution < 1.29 is 19.0 Å². The first-order valence-electron chi connectivity index (χ1n) is 22.7. The van der Waals surface area contributed by atoms with E-state index in [1.54, 1.807) is 16.7 Å². The van der Waals surface area contributed by atoms with E-state index in [2.05, 4.69) is 27.7 Å². The highest BCUT2D eigenvalue weighted by Gasteiger charge is 2.33. The number of nitrogens with zero attached hydrogens (tertiary/aromatic N) is 6. The van der Waals surface area contributed by atoms with Crippen LogP contribution in [0, 0.1) is 11.6 Å². The zero-order chi connectivity index (χ0) is 41.0. The van der Waals surface area contributed by atoms with Crippen molar-refractivity contribution in [3.8, 4) is 22.9 Å². The highest BCUT2D eigenvalue weighted by molar-refractivity contribution is 6.08. The quantitative estimate of drug-likeness (QED) is 0.0559. The van der Waals surface area contributed by atoms with Crippen LogP contribution in [0.2, 0.25) is 0 Å². The molecule has 0 saturated heterocycles. The third-order valence-corrected chi connectivity index (χ3v) is 12.1. The van der Waals surface area contributed by atoms with E-state index in [1.165, 1.54) is 101 Å². The van der Waals surface area contributed by atoms with Crippen molar-refractivity contribution in [2.75, 3.05) is 0 Å². The van der Waals surface area contributed by atoms with Crippen LogP contribution in [-0.4, -0.2) is 39.3 Å². The van der Waals surface area contributed by atoms with Crippen LogP contribution in [0.4, 0.5) is 8.78 Å². The van der Waals surface area contributed by atoms with Gasteiger partial charge in [-0.25, -0.2) is 28.7 Å². The first kappa shape index (κ1) is 43.2. The minimum absolute atomic E-state index is 0.0436. The summed E-state index contributed by atoms with van der Waals surface area (Å²) in [5.41, 5.74) is 4.10. The summed E-state index contributed by atoms with van der Waals surface area (Å²) in [7, 11) is 0. The second kappa shape index (κ2) is 21.1. The Balaban J connectivity index is 1.46. The maximum atomic E-state index is 14.6. The van der Waals surface area contributed by atoms with Gasteiger partial charge in [-0.2, -0.15) is 0 Å². The molecule has 314 valence electrons. The van der Waals surface area contributed by atoms with Gasteiger partial charge in [0.1, 0.15) is 22.7 Å². The van der Waals surface area contributed by atoms with Crippen LogP contribution >= 0.6 is 0 Å². The standard InChI is InChI=1S/C48H66F2N6O2/c1-5-8-11-13-15-17-19-22-24-33(4)55-45-43(51-37-29-27-34(49)31-39(37)53-45)41(47(55)57)42-44-46(54-40-32-35(50)28-30-38(40)52-44)56(48(42)58)36(25-21-10-7-3)26-23-20-18-16-14-12-9-6-2/h27-33,36,57-58H,5-26H2,1-4H3. The minimum atomic E-state index is -0.416. The molecule has 0 amide bonds. The molecule has 58 heavy (non-hydrogen) atoms. The van der Waals surface area contributed by atoms with Crippen molar-refractivity contribution in [3.63, 3.8) is 0 Å². The van der Waals surface area contributed by atoms with Crippen molar-refractivity contribution in [3.05, 3.63) is 48.0 Å². The largest absolute Gasteiger partial charge is 0.494 e. The number of halogens is 2. The number of rotatable bonds is 25. The van der Waals surface area contributed by atoms with Crippen molar-refractivity contribution in [2.24, 2.45) is 0 Å². The topological polar surface area (TPSA) is 102 Å². The predicted molar refractivity (Wildman–Crippen MR) is 235 cm³/mol. The van der Waals surface area contributed by atoms with Crippen LogP contribution in [0.1, 0.15) is 181 Å². The van der Waals surface area contributed by atoms with Gasteiger partial charge >= 0.3 is 0 Å². The molecule has 8 nitrogen and oxygen atoms in total. The maximum Gasteiger partial charge on any atom is 0.203 e. The van der Waals surface area contributed by atoms with Gasteiger partial charge in [0.05, 0.1) is 33.2 Å². The third kappa shape index (κ3) is 10.1. The van der Waals surface area contributed by atoms with Crippen molar-refractivity contribution >= 4 is 44.4 Å². The number of unbranched alkanes of at least 4 members (excludes halogenated alkanes) is 16. The van der Waals surface area contributed by atoms with Crippen LogP contribution in [0.15, 0.2) is 36.4 Å². The van der Waals surface area contributed by atoms with Crippen LogP contribution in [0.25, 0.3) is 55.5 Å². The molecule has 6 rings (SSSR count). The predicted octanol–water partition coefficient (Wildman–Crippen LogP) is 14.6. The SMILES string of the molecule is CCCCCCCCCCC(C)n1c(O)c(-c2c(O)n(C(CCCCC)CCCCCCCCCC)c3nc4cc(F)ccc4nc23)c2nc3ccc(F)cc3nc21. The average Bonchev–Trinajstić information content (AvgIpc) is 3.64. The van der Waals surface area contributed by atoms with Gasteiger partial charge in [-0.15, -0.1) is 0 Å². The zero-order valence-electron chi connectivity index (χ0n) is 35.5. The van der Waals surface area contributed by atoms with Gasteiger partial charge < -0.3 is 10.2 Å². The lowest BCUT2D eigenvalue weighted by Crippen LogP contribution is -2.10. The Bertz CT molecular complexity index is 2250. The average molecular weight is 797 g/mol. The van der Waals surface area contributed by atoms with Crippen molar-refractivity contribution in [2.45, 2.75) is 181 Å². The van der Waals surface area contributed by atoms with E-state index in [9.17, 15) is 19.0 Å². The normalized spacial score (nSPS) is 13.1. The number of aromatic nitrogens is 6. The molecule has 10 heteroatoms. The van der Waals surface area contributed by atoms with Crippen LogP contribution in [0.3, 0.4) is 0 Å². The molecular formula is C48H66F2N6O2. The fourth-order valence-electron chi connectivity index (χ4n) is 8.83. The number of hydrogen-bond acceptors (Lipinski definition) is 6. The van der Waals surface area contributed by atoms with Crippen molar-refractivity contribution in [1.29, 1.82) is 0 Å². The van der Waals surface area contributed by atoms with E-state index in [1.807, 2.05) is 4.57 Å². The second-order valence-electron chi connectivity index (χ2n) is 16.7. The first-order valence-corrected chi connectivity index (χ1v) is 22.7. The molecule has 2 unspecified atom stereocenters. The molecule has 0 aliphatic carbocycles. The molecular weight excluding hydrogens is 731 g/mol. The highest BCUT2D eigenvalue weighted by Crippen LogP contribution is 2.50. The number of fused-ring (bicyclic) bond motifs is 4. The Morgan fingerprint density at radius 3 is 1.34 bits per heavy atom. The van der Waals surface area contributed by atoms with Gasteiger partial charge in [-0.05, 0) is 50.5 Å². The molecule has 0 bridgehead atoms. The molecule has 2 atom stereocenters. The molecule has 2 aromatic carbocycles. The Morgan fingerprint density at radius 1 is 0.483 bits per heavy atom. The fourth-order valence-corrected chi connectivity index (χ4v) is 8.83. The molecule has 6 aromatic rings. The summed E-state index contributed by atoms with van der Waals surface area (Å²) in [4.78, 5) is 20.0. The third-order valence-electron chi connectivity index (χ3n) is 12.1. The Morgan fingerprint density at radius 2 is 0.862 bits per heavy atom. The lowest BCUT2D eigenvalue weighted by Gasteiger charge is -2.21. The Hall–Kier alpha value is -4.34. The van der Waals surface area contributed by atoms with Gasteiger partial charge in [0.15, 0.2) is 11.3 Å². The van der Waals surface area contributed by atoms with E-state index < -0.39 is 11.6 Å². The van der Waals surface area contributed by atoms with Crippen LogP contribution in [0.5, 0.6) is 11.8 Å². The zero-order valence-corrected chi connectivity index (χ0v) is 35.5. The van der Waals surface area contributed by atoms with E-state index in [-0.39, 0.29) is 23.8 Å². The monoisotopic (exact) mass is 797 g/mol. The molecule has 2 N–H and O–H groups in total. The van der Waals surface area contributed by atoms with E-state index in [4.69, 9.17) is 19.9 Å². The van der Waals surface area contributed by atoms with Gasteiger partial charge in [0, 0.05) is 24.2 Å². The lowest BCUT2D eigenvalue weighted by atomic mass is 10.0. The van der Waals surface area contributed by atoms with Gasteiger partial charge in [0.2, 0.25) is 11.8 Å². The maximum absolute atomic E-state index is 14.6. The summed E-state index contributed by atoms with van der Waals surface area (Å²) in [6.07, 6.45) is 24.7. The summed E-state index contributed by atoms with van der Waals surface area (Å²) in [5, 5.41) is 25.1. The molecule has 4 aromatic heterocycles. The van der Waals surface area contributed by atoms with Crippen LogP contribution in [-0.2, 0) is 0 Å². The summed E-state index contributed by atoms with van der Waals surface area (Å²) in [6.45, 7) is 8.73. The molecule has 0 aliphatic rings. The summed E-state index contributed by atoms with van der Waals surface area (Å²) in [6, 6.07) is 8.42. The van der Waals surface area contributed by atoms with Crippen molar-refractivity contribution in [1.82, 2.24) is 29.1 Å². The van der Waals surface area contributed by atoms with Gasteiger partial charge in [-0.1, -0.05) is 143 Å². The van der Waals surface area contributed by atoms with Gasteiger partial charge in [-0.3, -0.25) is 9.13 Å². The Kier molecular flexibility index (Phi) is 15.7. The first-order chi connectivity index (χ1) is 28.3. The minimum Gasteiger partial charge on any atom is -0.494 e. The van der Waals surface area contributed by atoms with Crippen LogP contribution < -0.4 is 0 Å².